The van der Waals surface area contributed by atoms with Crippen LogP contribution in [0, 0.1) is 13.8 Å². The minimum absolute atomic E-state index is 0.0604. The number of nitrogens with one attached hydrogen (secondary N) is 1. The lowest BCUT2D eigenvalue weighted by atomic mass is 9.84. The first kappa shape index (κ1) is 21.1. The summed E-state index contributed by atoms with van der Waals surface area (Å²) in [5, 5.41) is 2.83. The first-order valence-electron chi connectivity index (χ1n) is 10.4. The van der Waals surface area contributed by atoms with Crippen molar-refractivity contribution in [3.8, 4) is 5.75 Å². The molecule has 0 saturated carbocycles. The number of benzene rings is 1. The second-order valence-electron chi connectivity index (χ2n) is 8.20. The van der Waals surface area contributed by atoms with Gasteiger partial charge in [-0.15, -0.1) is 0 Å². The van der Waals surface area contributed by atoms with Crippen molar-refractivity contribution in [3.05, 3.63) is 52.8 Å². The molecule has 8 nitrogen and oxygen atoms in total. The third kappa shape index (κ3) is 3.31. The van der Waals surface area contributed by atoms with E-state index >= 15 is 0 Å². The van der Waals surface area contributed by atoms with E-state index in [1.807, 2.05) is 37.5 Å². The molecule has 164 valence electrons. The number of urea groups is 1. The zero-order valence-electron chi connectivity index (χ0n) is 18.2. The number of hydrogen-bond acceptors (Lipinski definition) is 5. The Labute approximate surface area is 181 Å². The van der Waals surface area contributed by atoms with Crippen LogP contribution in [0.15, 0.2) is 30.3 Å². The van der Waals surface area contributed by atoms with Crippen LogP contribution in [0.25, 0.3) is 0 Å². The van der Waals surface area contributed by atoms with Crippen LogP contribution in [0.5, 0.6) is 5.75 Å². The Kier molecular flexibility index (Phi) is 5.35. The molecule has 0 bridgehead atoms. The summed E-state index contributed by atoms with van der Waals surface area (Å²) in [4.78, 5) is 40.3. The summed E-state index contributed by atoms with van der Waals surface area (Å²) in [6, 6.07) is 8.49. The lowest BCUT2D eigenvalue weighted by Gasteiger charge is -2.33. The number of aromatic nitrogens is 1. The number of para-hydroxylation sites is 1. The van der Waals surface area contributed by atoms with Crippen molar-refractivity contribution in [2.24, 2.45) is 0 Å². The van der Waals surface area contributed by atoms with Gasteiger partial charge in [-0.3, -0.25) is 14.5 Å². The highest BCUT2D eigenvalue weighted by Gasteiger charge is 2.55. The van der Waals surface area contributed by atoms with E-state index in [0.717, 1.165) is 16.3 Å². The Morgan fingerprint density at radius 2 is 2.03 bits per heavy atom. The van der Waals surface area contributed by atoms with Gasteiger partial charge in [0.1, 0.15) is 5.75 Å². The second-order valence-corrected chi connectivity index (χ2v) is 8.20. The summed E-state index contributed by atoms with van der Waals surface area (Å²) in [7, 11) is 1.64. The zero-order chi connectivity index (χ0) is 22.3. The number of hydrogen-bond donors (Lipinski definition) is 1. The molecule has 1 spiro atoms. The summed E-state index contributed by atoms with van der Waals surface area (Å²) >= 11 is 0. The fourth-order valence-corrected chi connectivity index (χ4v) is 4.80. The molecule has 1 aromatic heterocycles. The molecule has 1 N–H and O–H groups in total. The Bertz CT molecular complexity index is 1060. The highest BCUT2D eigenvalue weighted by Crippen LogP contribution is 2.41. The molecule has 0 aliphatic carbocycles. The molecule has 1 aromatic carbocycles. The Morgan fingerprint density at radius 1 is 1.29 bits per heavy atom. The third-order valence-electron chi connectivity index (χ3n) is 6.19. The van der Waals surface area contributed by atoms with Gasteiger partial charge in [-0.2, -0.15) is 0 Å². The fraction of sp³-hybridized carbons (Fsp3) is 0.435. The Balaban J connectivity index is 1.60. The predicted molar refractivity (Wildman–Crippen MR) is 113 cm³/mol. The van der Waals surface area contributed by atoms with Crippen LogP contribution in [0.2, 0.25) is 0 Å². The number of ketones is 1. The van der Waals surface area contributed by atoms with Crippen molar-refractivity contribution in [3.63, 3.8) is 0 Å². The van der Waals surface area contributed by atoms with Gasteiger partial charge in [0.25, 0.3) is 5.91 Å². The largest absolute Gasteiger partial charge is 0.493 e. The van der Waals surface area contributed by atoms with E-state index in [1.54, 1.807) is 25.3 Å². The molecular formula is C23H27N3O5. The molecule has 2 aromatic rings. The quantitative estimate of drug-likeness (QED) is 0.568. The summed E-state index contributed by atoms with van der Waals surface area (Å²) in [5.41, 5.74) is 1.67. The van der Waals surface area contributed by atoms with E-state index in [2.05, 4.69) is 5.32 Å². The number of Topliss-reactive ketones (excluding diaryl/α,β-unsaturated/α-hetero) is 1. The third-order valence-corrected chi connectivity index (χ3v) is 6.19. The fourth-order valence-electron chi connectivity index (χ4n) is 4.80. The standard InChI is InChI=1S/C23H27N3O5/c1-14-11-17(16(3)26(14)15(2)13-30-4)19(27)12-25-21(28)23(24-22(25)29)9-10-31-20-8-6-5-7-18(20)23/h5-8,11,15H,9-10,12-13H2,1-4H3,(H,24,29)/t15-,23-/m0/s1. The van der Waals surface area contributed by atoms with Gasteiger partial charge in [0.15, 0.2) is 11.3 Å². The van der Waals surface area contributed by atoms with Crippen LogP contribution < -0.4 is 10.1 Å². The minimum Gasteiger partial charge on any atom is -0.493 e. The molecule has 31 heavy (non-hydrogen) atoms. The summed E-state index contributed by atoms with van der Waals surface area (Å²) in [5.74, 6) is -0.112. The van der Waals surface area contributed by atoms with Gasteiger partial charge in [-0.1, -0.05) is 18.2 Å². The van der Waals surface area contributed by atoms with Gasteiger partial charge in [-0.05, 0) is 32.9 Å². The van der Waals surface area contributed by atoms with E-state index < -0.39 is 17.5 Å². The summed E-state index contributed by atoms with van der Waals surface area (Å²) in [6.07, 6.45) is 0.322. The average Bonchev–Trinajstić information content (AvgIpc) is 3.16. The van der Waals surface area contributed by atoms with Crippen molar-refractivity contribution in [1.82, 2.24) is 14.8 Å². The highest BCUT2D eigenvalue weighted by molar-refractivity contribution is 6.12. The van der Waals surface area contributed by atoms with E-state index in [0.29, 0.717) is 36.5 Å². The van der Waals surface area contributed by atoms with E-state index in [1.165, 1.54) is 0 Å². The van der Waals surface area contributed by atoms with Crippen LogP contribution in [-0.2, 0) is 15.1 Å². The van der Waals surface area contributed by atoms with Crippen LogP contribution in [0.1, 0.15) is 46.7 Å². The monoisotopic (exact) mass is 425 g/mol. The molecule has 3 amide bonds. The lowest BCUT2D eigenvalue weighted by Crippen LogP contribution is -2.47. The first-order chi connectivity index (χ1) is 14.8. The normalized spacial score (nSPS) is 21.1. The maximum atomic E-state index is 13.4. The highest BCUT2D eigenvalue weighted by atomic mass is 16.5. The molecule has 2 aliphatic rings. The van der Waals surface area contributed by atoms with Crippen LogP contribution in [-0.4, -0.2) is 54.1 Å². The first-order valence-corrected chi connectivity index (χ1v) is 10.4. The topological polar surface area (TPSA) is 89.9 Å². The number of carbonyl (C=O) groups is 3. The number of carbonyl (C=O) groups excluding carboxylic acids is 3. The van der Waals surface area contributed by atoms with Crippen molar-refractivity contribution in [1.29, 1.82) is 0 Å². The van der Waals surface area contributed by atoms with Gasteiger partial charge in [-0.25, -0.2) is 4.79 Å². The Morgan fingerprint density at radius 3 is 2.77 bits per heavy atom. The molecule has 1 saturated heterocycles. The van der Waals surface area contributed by atoms with Gasteiger partial charge < -0.3 is 19.4 Å². The number of fused-ring (bicyclic) bond motifs is 2. The maximum Gasteiger partial charge on any atom is 0.325 e. The number of amides is 3. The number of nitrogens with zero attached hydrogens (tertiary/aromatic N) is 2. The van der Waals surface area contributed by atoms with E-state index in [9.17, 15) is 14.4 Å². The van der Waals surface area contributed by atoms with Crippen LogP contribution >= 0.6 is 0 Å². The predicted octanol–water partition coefficient (Wildman–Crippen LogP) is 2.72. The average molecular weight is 425 g/mol. The Hall–Kier alpha value is -3.13. The lowest BCUT2D eigenvalue weighted by molar-refractivity contribution is -0.132. The SMILES string of the molecule is COC[C@H](C)n1c(C)cc(C(=O)CN2C(=O)N[C@]3(CCOc4ccccc43)C2=O)c1C. The van der Waals surface area contributed by atoms with Crippen molar-refractivity contribution in [2.75, 3.05) is 26.9 Å². The molecule has 3 heterocycles. The maximum absolute atomic E-state index is 13.4. The molecular weight excluding hydrogens is 398 g/mol. The van der Waals surface area contributed by atoms with E-state index in [4.69, 9.17) is 9.47 Å². The van der Waals surface area contributed by atoms with Crippen LogP contribution in [0.4, 0.5) is 4.79 Å². The van der Waals surface area contributed by atoms with Crippen molar-refractivity contribution >= 4 is 17.7 Å². The smallest absolute Gasteiger partial charge is 0.325 e. The minimum atomic E-state index is -1.18. The number of methoxy groups -OCH3 is 1. The zero-order valence-corrected chi connectivity index (χ0v) is 18.2. The molecule has 1 fully saturated rings. The van der Waals surface area contributed by atoms with Gasteiger partial charge >= 0.3 is 6.03 Å². The van der Waals surface area contributed by atoms with Gasteiger partial charge in [0.05, 0.1) is 25.8 Å². The number of rotatable bonds is 6. The molecule has 0 unspecified atom stereocenters. The van der Waals surface area contributed by atoms with Crippen LogP contribution in [0.3, 0.4) is 0 Å². The molecule has 2 aliphatic heterocycles. The van der Waals surface area contributed by atoms with Crippen molar-refractivity contribution < 1.29 is 23.9 Å². The molecule has 0 radical (unpaired) electrons. The van der Waals surface area contributed by atoms with Crippen molar-refractivity contribution in [2.45, 2.75) is 38.8 Å². The molecule has 8 heteroatoms. The summed E-state index contributed by atoms with van der Waals surface area (Å²) < 4.78 is 12.9. The van der Waals surface area contributed by atoms with E-state index in [-0.39, 0.29) is 18.4 Å². The number of ether oxygens (including phenoxy) is 2. The van der Waals surface area contributed by atoms with Gasteiger partial charge in [0.2, 0.25) is 0 Å². The number of aryl methyl sites for hydroxylation is 1. The summed E-state index contributed by atoms with van der Waals surface area (Å²) in [6.45, 7) is 6.33. The molecule has 4 rings (SSSR count). The molecule has 2 atom stereocenters. The number of imide groups is 1. The second kappa shape index (κ2) is 7.85. The van der Waals surface area contributed by atoms with Gasteiger partial charge in [0, 0.05) is 36.0 Å².